The molecule has 0 aliphatic rings. The van der Waals surface area contributed by atoms with Crippen LogP contribution in [0.4, 0.5) is 13.2 Å². The number of para-hydroxylation sites is 1. The van der Waals surface area contributed by atoms with E-state index < -0.39 is 35.6 Å². The van der Waals surface area contributed by atoms with Crippen LogP contribution in [0.1, 0.15) is 29.5 Å². The normalized spacial score (nSPS) is 12.6. The Bertz CT molecular complexity index is 1380. The number of halogens is 3. The van der Waals surface area contributed by atoms with Crippen LogP contribution in [0.5, 0.6) is 11.5 Å². The number of carbonyl (C=O) groups excluding carboxylic acids is 3. The van der Waals surface area contributed by atoms with Gasteiger partial charge in [0.2, 0.25) is 17.7 Å². The maximum absolute atomic E-state index is 13.4. The highest BCUT2D eigenvalue weighted by atomic mass is 19.4. The molecule has 3 rings (SSSR count). The summed E-state index contributed by atoms with van der Waals surface area (Å²) < 4.78 is 44.6. The summed E-state index contributed by atoms with van der Waals surface area (Å²) in [6.07, 6.45) is -4.03. The summed E-state index contributed by atoms with van der Waals surface area (Å²) in [5, 5.41) is 5.49. The average molecular weight is 629 g/mol. The molecule has 0 spiro atoms. The van der Waals surface area contributed by atoms with Crippen molar-refractivity contribution in [2.24, 2.45) is 17.2 Å². The summed E-state index contributed by atoms with van der Waals surface area (Å²) in [7, 11) is 0. The maximum Gasteiger partial charge on any atom is 0.416 e. The van der Waals surface area contributed by atoms with Crippen molar-refractivity contribution in [3.8, 4) is 11.5 Å². The lowest BCUT2D eigenvalue weighted by atomic mass is 10.0. The summed E-state index contributed by atoms with van der Waals surface area (Å²) in [5.41, 5.74) is 17.9. The fourth-order valence-electron chi connectivity index (χ4n) is 4.48. The molecule has 0 fully saturated rings. The van der Waals surface area contributed by atoms with Crippen molar-refractivity contribution in [1.82, 2.24) is 15.5 Å². The van der Waals surface area contributed by atoms with Gasteiger partial charge in [0.1, 0.15) is 17.5 Å². The average Bonchev–Trinajstić information content (AvgIpc) is 3.02. The molecule has 0 aromatic heterocycles. The Morgan fingerprint density at radius 1 is 0.844 bits per heavy atom. The third-order valence-corrected chi connectivity index (χ3v) is 6.91. The predicted octanol–water partition coefficient (Wildman–Crippen LogP) is 2.69. The zero-order valence-electron chi connectivity index (χ0n) is 24.8. The molecule has 8 N–H and O–H groups in total. The molecule has 0 saturated heterocycles. The largest absolute Gasteiger partial charge is 0.457 e. The number of hydrogen-bond acceptors (Lipinski definition) is 7. The van der Waals surface area contributed by atoms with Gasteiger partial charge in [-0.25, -0.2) is 0 Å². The molecule has 13 heteroatoms. The molecule has 2 atom stereocenters. The van der Waals surface area contributed by atoms with Crippen LogP contribution in [-0.2, 0) is 33.5 Å². The van der Waals surface area contributed by atoms with E-state index in [2.05, 4.69) is 10.6 Å². The Balaban J connectivity index is 1.69. The molecular formula is C32H39F3N6O4. The van der Waals surface area contributed by atoms with Gasteiger partial charge in [-0.3, -0.25) is 14.4 Å². The molecule has 0 radical (unpaired) electrons. The number of aryl methyl sites for hydroxylation is 1. The molecule has 0 aliphatic heterocycles. The highest BCUT2D eigenvalue weighted by molar-refractivity contribution is 5.92. The van der Waals surface area contributed by atoms with Gasteiger partial charge >= 0.3 is 6.18 Å². The molecule has 0 unspecified atom stereocenters. The topological polar surface area (TPSA) is 166 Å². The van der Waals surface area contributed by atoms with Gasteiger partial charge in [-0.05, 0) is 48.7 Å². The first-order chi connectivity index (χ1) is 21.5. The summed E-state index contributed by atoms with van der Waals surface area (Å²) >= 11 is 0. The van der Waals surface area contributed by atoms with Crippen molar-refractivity contribution in [3.63, 3.8) is 0 Å². The number of ether oxygens (including phenoxy) is 1. The van der Waals surface area contributed by atoms with Crippen LogP contribution in [0.25, 0.3) is 0 Å². The molecule has 0 aliphatic carbocycles. The van der Waals surface area contributed by atoms with Gasteiger partial charge in [-0.15, -0.1) is 0 Å². The first kappa shape index (κ1) is 35.0. The zero-order chi connectivity index (χ0) is 32.8. The van der Waals surface area contributed by atoms with Crippen molar-refractivity contribution < 1.29 is 32.3 Å². The van der Waals surface area contributed by atoms with E-state index in [0.29, 0.717) is 17.7 Å². The van der Waals surface area contributed by atoms with E-state index in [1.807, 2.05) is 30.3 Å². The van der Waals surface area contributed by atoms with Crippen LogP contribution in [0.3, 0.4) is 0 Å². The molecule has 45 heavy (non-hydrogen) atoms. The van der Waals surface area contributed by atoms with Gasteiger partial charge in [0, 0.05) is 38.3 Å². The Morgan fingerprint density at radius 3 is 2.09 bits per heavy atom. The predicted molar refractivity (Wildman–Crippen MR) is 164 cm³/mol. The number of rotatable bonds is 16. The molecule has 242 valence electrons. The summed E-state index contributed by atoms with van der Waals surface area (Å²) in [6.45, 7) is 1.01. The Labute approximate surface area is 260 Å². The second-order valence-corrected chi connectivity index (χ2v) is 10.3. The third-order valence-electron chi connectivity index (χ3n) is 6.91. The first-order valence-corrected chi connectivity index (χ1v) is 14.5. The van der Waals surface area contributed by atoms with E-state index in [0.717, 1.165) is 17.7 Å². The number of nitrogens with two attached hydrogens (primary N) is 3. The lowest BCUT2D eigenvalue weighted by Gasteiger charge is -2.24. The quantitative estimate of drug-likeness (QED) is 0.163. The van der Waals surface area contributed by atoms with Crippen LogP contribution >= 0.6 is 0 Å². The number of benzene rings is 3. The third kappa shape index (κ3) is 11.2. The van der Waals surface area contributed by atoms with Gasteiger partial charge in [0.25, 0.3) is 0 Å². The van der Waals surface area contributed by atoms with E-state index in [1.54, 1.807) is 24.3 Å². The van der Waals surface area contributed by atoms with Gasteiger partial charge in [0.05, 0.1) is 18.0 Å². The molecule has 0 heterocycles. The minimum absolute atomic E-state index is 0.00499. The van der Waals surface area contributed by atoms with Crippen molar-refractivity contribution >= 4 is 17.7 Å². The van der Waals surface area contributed by atoms with E-state index in [4.69, 9.17) is 21.9 Å². The lowest BCUT2D eigenvalue weighted by molar-refractivity contribution is -0.137. The fourth-order valence-corrected chi connectivity index (χ4v) is 4.48. The molecule has 3 aromatic rings. The number of carbonyl (C=O) groups is 3. The van der Waals surface area contributed by atoms with Gasteiger partial charge in [0.15, 0.2) is 0 Å². The molecule has 10 nitrogen and oxygen atoms in total. The SMILES string of the molecule is NCCN(CCN)C(=O)C[C@H](N)C(=O)N[C@@H](CCc1ccccc1)C(=O)NCc1ccccc1Oc1ccc(C(F)(F)F)cc1. The minimum atomic E-state index is -4.47. The minimum Gasteiger partial charge on any atom is -0.457 e. The monoisotopic (exact) mass is 628 g/mol. The summed E-state index contributed by atoms with van der Waals surface area (Å²) in [6, 6.07) is 18.2. The number of alkyl halides is 3. The van der Waals surface area contributed by atoms with Crippen molar-refractivity contribution in [2.75, 3.05) is 26.2 Å². The first-order valence-electron chi connectivity index (χ1n) is 14.5. The fraction of sp³-hybridized carbons (Fsp3) is 0.344. The van der Waals surface area contributed by atoms with Crippen molar-refractivity contribution in [2.45, 2.75) is 44.1 Å². The molecule has 3 aromatic carbocycles. The Kier molecular flexibility index (Phi) is 13.3. The standard InChI is InChI=1S/C32H39F3N6O4/c33-32(34,35)24-11-13-25(14-12-24)45-28-9-5-4-8-23(28)21-39-31(44)27(15-10-22-6-2-1-3-7-22)40-30(43)26(38)20-29(42)41(18-16-36)19-17-37/h1-9,11-14,26-27H,10,15-21,36-38H2,(H,39,44)(H,40,43)/t26-,27-/m0/s1. The molecule has 3 amide bonds. The van der Waals surface area contributed by atoms with Crippen molar-refractivity contribution in [3.05, 3.63) is 95.6 Å². The Hall–Kier alpha value is -4.46. The maximum atomic E-state index is 13.4. The lowest BCUT2D eigenvalue weighted by Crippen LogP contribution is -2.53. The number of hydrogen-bond donors (Lipinski definition) is 5. The van der Waals surface area contributed by atoms with Crippen LogP contribution in [0, 0.1) is 0 Å². The molecular weight excluding hydrogens is 589 g/mol. The van der Waals surface area contributed by atoms with E-state index in [1.165, 1.54) is 17.0 Å². The number of nitrogens with zero attached hydrogens (tertiary/aromatic N) is 1. The van der Waals surface area contributed by atoms with Crippen LogP contribution < -0.4 is 32.6 Å². The van der Waals surface area contributed by atoms with Gasteiger partial charge in [-0.2, -0.15) is 13.2 Å². The highest BCUT2D eigenvalue weighted by Gasteiger charge is 2.30. The highest BCUT2D eigenvalue weighted by Crippen LogP contribution is 2.32. The van der Waals surface area contributed by atoms with Gasteiger partial charge in [-0.1, -0.05) is 48.5 Å². The second kappa shape index (κ2) is 17.1. The summed E-state index contributed by atoms with van der Waals surface area (Å²) in [4.78, 5) is 40.5. The second-order valence-electron chi connectivity index (χ2n) is 10.3. The smallest absolute Gasteiger partial charge is 0.416 e. The van der Waals surface area contributed by atoms with Gasteiger partial charge < -0.3 is 37.5 Å². The Morgan fingerprint density at radius 2 is 1.47 bits per heavy atom. The van der Waals surface area contributed by atoms with Crippen molar-refractivity contribution in [1.29, 1.82) is 0 Å². The van der Waals surface area contributed by atoms with E-state index >= 15 is 0 Å². The molecule has 0 saturated carbocycles. The van der Waals surface area contributed by atoms with E-state index in [9.17, 15) is 27.6 Å². The van der Waals surface area contributed by atoms with E-state index in [-0.39, 0.29) is 57.2 Å². The number of nitrogens with one attached hydrogen (secondary N) is 2. The van der Waals surface area contributed by atoms with Crippen LogP contribution in [-0.4, -0.2) is 60.9 Å². The molecule has 0 bridgehead atoms. The number of amides is 3. The summed E-state index contributed by atoms with van der Waals surface area (Å²) in [5.74, 6) is -1.00. The zero-order valence-corrected chi connectivity index (χ0v) is 24.8. The van der Waals surface area contributed by atoms with Crippen LogP contribution in [0.15, 0.2) is 78.9 Å². The van der Waals surface area contributed by atoms with Crippen LogP contribution in [0.2, 0.25) is 0 Å².